The van der Waals surface area contributed by atoms with Crippen LogP contribution in [0, 0.1) is 0 Å². The molecule has 1 unspecified atom stereocenters. The van der Waals surface area contributed by atoms with Gasteiger partial charge in [-0.1, -0.05) is 65.7 Å². The van der Waals surface area contributed by atoms with E-state index in [0.29, 0.717) is 0 Å². The highest BCUT2D eigenvalue weighted by molar-refractivity contribution is 7.99. The van der Waals surface area contributed by atoms with Crippen LogP contribution in [0.3, 0.4) is 0 Å². The quantitative estimate of drug-likeness (QED) is 0.429. The van der Waals surface area contributed by atoms with Gasteiger partial charge in [-0.2, -0.15) is 0 Å². The molecule has 0 saturated carbocycles. The Morgan fingerprint density at radius 3 is 2.42 bits per heavy atom. The van der Waals surface area contributed by atoms with Crippen LogP contribution in [0.1, 0.15) is 5.56 Å². The van der Waals surface area contributed by atoms with E-state index in [9.17, 15) is 0 Å². The van der Waals surface area contributed by atoms with E-state index in [-0.39, 0.29) is 5.54 Å². The molecular formula is C15H11Cl2NS. The fourth-order valence-corrected chi connectivity index (χ4v) is 5.32. The number of fused-ring (bicyclic) bond motifs is 3. The third-order valence-corrected chi connectivity index (χ3v) is 6.09. The molecule has 1 saturated heterocycles. The van der Waals surface area contributed by atoms with Crippen LogP contribution in [0.2, 0.25) is 0 Å². The minimum absolute atomic E-state index is 0.295. The van der Waals surface area contributed by atoms with Crippen LogP contribution in [0.4, 0.5) is 5.69 Å². The first-order chi connectivity index (χ1) is 9.18. The minimum Gasteiger partial charge on any atom is -0.321 e. The van der Waals surface area contributed by atoms with E-state index in [1.54, 1.807) is 0 Å². The van der Waals surface area contributed by atoms with Crippen LogP contribution in [-0.4, -0.2) is 10.2 Å². The number of para-hydroxylation sites is 1. The first-order valence-electron chi connectivity index (χ1n) is 6.13. The molecule has 1 fully saturated rings. The molecule has 2 aromatic rings. The molecule has 2 heterocycles. The molecule has 2 aliphatic heterocycles. The predicted octanol–water partition coefficient (Wildman–Crippen LogP) is 4.64. The molecular weight excluding hydrogens is 297 g/mol. The van der Waals surface area contributed by atoms with Crippen molar-refractivity contribution in [2.45, 2.75) is 14.9 Å². The Morgan fingerprint density at radius 1 is 0.947 bits per heavy atom. The lowest BCUT2D eigenvalue weighted by Gasteiger charge is -2.24. The summed E-state index contributed by atoms with van der Waals surface area (Å²) in [6.45, 7) is 0. The van der Waals surface area contributed by atoms with Gasteiger partial charge in [0.15, 0.2) is 0 Å². The van der Waals surface area contributed by atoms with Gasteiger partial charge in [0.25, 0.3) is 0 Å². The third kappa shape index (κ3) is 1.40. The van der Waals surface area contributed by atoms with Gasteiger partial charge in [0, 0.05) is 10.6 Å². The number of hydrogen-bond acceptors (Lipinski definition) is 2. The maximum atomic E-state index is 6.61. The van der Waals surface area contributed by atoms with Gasteiger partial charge in [-0.3, -0.25) is 0 Å². The fourth-order valence-electron chi connectivity index (χ4n) is 2.90. The number of halogens is 2. The molecule has 0 amide bonds. The first-order valence-corrected chi connectivity index (χ1v) is 7.87. The molecule has 1 atom stereocenters. The third-order valence-electron chi connectivity index (χ3n) is 3.90. The van der Waals surface area contributed by atoms with Gasteiger partial charge in [-0.15, -0.1) is 11.8 Å². The number of rotatable bonds is 1. The van der Waals surface area contributed by atoms with Gasteiger partial charge in [-0.05, 0) is 17.7 Å². The van der Waals surface area contributed by atoms with E-state index in [2.05, 4.69) is 35.2 Å². The Kier molecular flexibility index (Phi) is 2.42. The number of anilines is 1. The Morgan fingerprint density at radius 2 is 1.63 bits per heavy atom. The zero-order valence-electron chi connectivity index (χ0n) is 10.0. The minimum atomic E-state index is -0.853. The van der Waals surface area contributed by atoms with Gasteiger partial charge in [-0.25, -0.2) is 0 Å². The SMILES string of the molecule is ClC1(Cl)N2c3ccccc3SCC21c1ccccc1. The molecule has 4 rings (SSSR count). The predicted molar refractivity (Wildman–Crippen MR) is 82.2 cm³/mol. The van der Waals surface area contributed by atoms with Crippen LogP contribution >= 0.6 is 35.0 Å². The first kappa shape index (κ1) is 12.0. The zero-order valence-corrected chi connectivity index (χ0v) is 12.3. The van der Waals surface area contributed by atoms with E-state index in [1.165, 1.54) is 10.5 Å². The molecule has 0 bridgehead atoms. The molecule has 0 aromatic heterocycles. The van der Waals surface area contributed by atoms with Crippen molar-refractivity contribution in [3.8, 4) is 0 Å². The summed E-state index contributed by atoms with van der Waals surface area (Å²) in [5.41, 5.74) is 2.02. The maximum Gasteiger partial charge on any atom is 0.219 e. The second kappa shape index (κ2) is 3.85. The lowest BCUT2D eigenvalue weighted by atomic mass is 10.0. The molecule has 0 N–H and O–H groups in total. The van der Waals surface area contributed by atoms with Gasteiger partial charge >= 0.3 is 0 Å². The van der Waals surface area contributed by atoms with Crippen molar-refractivity contribution in [1.29, 1.82) is 0 Å². The average Bonchev–Trinajstić information content (AvgIpc) is 2.98. The van der Waals surface area contributed by atoms with E-state index in [4.69, 9.17) is 23.2 Å². The molecule has 2 aromatic carbocycles. The van der Waals surface area contributed by atoms with Crippen LogP contribution in [0.5, 0.6) is 0 Å². The lowest BCUT2D eigenvalue weighted by molar-refractivity contribution is 0.777. The molecule has 19 heavy (non-hydrogen) atoms. The summed E-state index contributed by atoms with van der Waals surface area (Å²) < 4.78 is -0.853. The van der Waals surface area contributed by atoms with Crippen molar-refractivity contribution < 1.29 is 0 Å². The standard InChI is InChI=1S/C15H11Cl2NS/c16-15(17)14(11-6-2-1-3-7-11)10-19-13-9-5-4-8-12(13)18(14)15/h1-9H,10H2. The highest BCUT2D eigenvalue weighted by Crippen LogP contribution is 2.70. The molecule has 4 heteroatoms. The van der Waals surface area contributed by atoms with Gasteiger partial charge in [0.1, 0.15) is 5.54 Å². The number of thioether (sulfide) groups is 1. The van der Waals surface area contributed by atoms with Crippen molar-refractivity contribution in [2.24, 2.45) is 0 Å². The summed E-state index contributed by atoms with van der Waals surface area (Å²) in [6, 6.07) is 18.6. The van der Waals surface area contributed by atoms with Gasteiger partial charge < -0.3 is 4.90 Å². The molecule has 1 nitrogen and oxygen atoms in total. The summed E-state index contributed by atoms with van der Waals surface area (Å²) >= 11 is 15.0. The molecule has 0 aliphatic carbocycles. The number of alkyl halides is 2. The van der Waals surface area contributed by atoms with Crippen LogP contribution in [-0.2, 0) is 5.54 Å². The molecule has 0 radical (unpaired) electrons. The average molecular weight is 308 g/mol. The summed E-state index contributed by atoms with van der Waals surface area (Å²) in [5.74, 6) is 0.876. The fraction of sp³-hybridized carbons (Fsp3) is 0.200. The summed E-state index contributed by atoms with van der Waals surface area (Å²) in [4.78, 5) is 3.38. The maximum absolute atomic E-state index is 6.61. The Labute approximate surface area is 126 Å². The number of benzene rings is 2. The van der Waals surface area contributed by atoms with Crippen molar-refractivity contribution in [2.75, 3.05) is 10.7 Å². The van der Waals surface area contributed by atoms with E-state index < -0.39 is 4.46 Å². The topological polar surface area (TPSA) is 3.01 Å². The normalized spacial score (nSPS) is 26.5. The van der Waals surface area contributed by atoms with Gasteiger partial charge in [0.2, 0.25) is 4.46 Å². The largest absolute Gasteiger partial charge is 0.321 e. The summed E-state index contributed by atoms with van der Waals surface area (Å²) in [7, 11) is 0. The second-order valence-corrected chi connectivity index (χ2v) is 7.16. The number of nitrogens with zero attached hydrogens (tertiary/aromatic N) is 1. The summed E-state index contributed by atoms with van der Waals surface area (Å²) in [5, 5.41) is 0. The Balaban J connectivity index is 1.89. The summed E-state index contributed by atoms with van der Waals surface area (Å²) in [6.07, 6.45) is 0. The second-order valence-electron chi connectivity index (χ2n) is 4.86. The molecule has 2 aliphatic rings. The van der Waals surface area contributed by atoms with Crippen molar-refractivity contribution in [1.82, 2.24) is 0 Å². The smallest absolute Gasteiger partial charge is 0.219 e. The molecule has 0 spiro atoms. The number of hydrogen-bond donors (Lipinski definition) is 0. The van der Waals surface area contributed by atoms with Crippen LogP contribution in [0.15, 0.2) is 59.5 Å². The lowest BCUT2D eigenvalue weighted by Crippen LogP contribution is -2.23. The van der Waals surface area contributed by atoms with Crippen molar-refractivity contribution in [3.05, 3.63) is 60.2 Å². The Hall–Kier alpha value is -0.830. The van der Waals surface area contributed by atoms with E-state index in [0.717, 1.165) is 11.4 Å². The van der Waals surface area contributed by atoms with Gasteiger partial charge in [0.05, 0.1) is 5.69 Å². The van der Waals surface area contributed by atoms with Crippen molar-refractivity contribution >= 4 is 40.7 Å². The van der Waals surface area contributed by atoms with E-state index in [1.807, 2.05) is 36.0 Å². The highest BCUT2D eigenvalue weighted by Gasteiger charge is 2.76. The van der Waals surface area contributed by atoms with Crippen LogP contribution < -0.4 is 4.90 Å². The van der Waals surface area contributed by atoms with Crippen molar-refractivity contribution in [3.63, 3.8) is 0 Å². The van der Waals surface area contributed by atoms with Crippen LogP contribution in [0.25, 0.3) is 0 Å². The Bertz CT molecular complexity index is 644. The highest BCUT2D eigenvalue weighted by atomic mass is 35.5. The monoisotopic (exact) mass is 307 g/mol. The van der Waals surface area contributed by atoms with E-state index >= 15 is 0 Å². The zero-order chi connectivity index (χ0) is 13.1. The molecule has 96 valence electrons.